The SMILES string of the molecule is C[C@H]1C(=O)CC[C@@H]2[C@]1(C)CC[C@H]1[C@@]2(C)CC[C@@]2(C)[C@@H]3CC(C)(C)CC[C@@]3(OO)CC[C@]12C. The van der Waals surface area contributed by atoms with E-state index in [1.54, 1.807) is 0 Å². The van der Waals surface area contributed by atoms with E-state index in [9.17, 15) is 10.1 Å². The van der Waals surface area contributed by atoms with Crippen LogP contribution in [-0.2, 0) is 9.68 Å². The van der Waals surface area contributed by atoms with Crippen LogP contribution >= 0.6 is 0 Å². The Hall–Kier alpha value is -0.410. The quantitative estimate of drug-likeness (QED) is 0.333. The van der Waals surface area contributed by atoms with E-state index in [4.69, 9.17) is 4.89 Å². The van der Waals surface area contributed by atoms with Crippen LogP contribution in [0.5, 0.6) is 0 Å². The molecule has 0 unspecified atom stereocenters. The molecule has 0 aromatic rings. The molecule has 0 spiro atoms. The first-order valence-electron chi connectivity index (χ1n) is 13.6. The number of rotatable bonds is 1. The summed E-state index contributed by atoms with van der Waals surface area (Å²) in [6.45, 7) is 17.3. The molecule has 5 saturated carbocycles. The third-order valence-electron chi connectivity index (χ3n) is 13.4. The van der Waals surface area contributed by atoms with Crippen molar-refractivity contribution in [3.05, 3.63) is 0 Å². The number of hydrogen-bond donors (Lipinski definition) is 1. The van der Waals surface area contributed by atoms with Gasteiger partial charge in [0.05, 0.1) is 0 Å². The van der Waals surface area contributed by atoms with Crippen LogP contribution in [0.2, 0.25) is 0 Å². The Morgan fingerprint density at radius 3 is 2.06 bits per heavy atom. The van der Waals surface area contributed by atoms with Gasteiger partial charge in [-0.3, -0.25) is 10.1 Å². The van der Waals surface area contributed by atoms with Gasteiger partial charge in [-0.25, -0.2) is 4.89 Å². The summed E-state index contributed by atoms with van der Waals surface area (Å²) in [4.78, 5) is 18.2. The van der Waals surface area contributed by atoms with Gasteiger partial charge in [-0.05, 0) is 109 Å². The topological polar surface area (TPSA) is 46.5 Å². The molecular formula is C29H48O3. The van der Waals surface area contributed by atoms with Crippen LogP contribution in [0.25, 0.3) is 0 Å². The second-order valence-electron chi connectivity index (χ2n) is 14.8. The second-order valence-corrected chi connectivity index (χ2v) is 14.8. The van der Waals surface area contributed by atoms with E-state index in [0.29, 0.717) is 34.4 Å². The van der Waals surface area contributed by atoms with Crippen molar-refractivity contribution >= 4 is 5.78 Å². The average Bonchev–Trinajstić information content (AvgIpc) is 2.73. The van der Waals surface area contributed by atoms with Crippen molar-refractivity contribution in [3.8, 4) is 0 Å². The molecule has 0 radical (unpaired) electrons. The maximum Gasteiger partial charge on any atom is 0.136 e. The number of Topliss-reactive ketones (excluding diaryl/α,β-unsaturated/α-hetero) is 1. The summed E-state index contributed by atoms with van der Waals surface area (Å²) in [5.41, 5.74) is 0.932. The van der Waals surface area contributed by atoms with Crippen LogP contribution < -0.4 is 0 Å². The van der Waals surface area contributed by atoms with E-state index < -0.39 is 0 Å². The van der Waals surface area contributed by atoms with Crippen molar-refractivity contribution in [2.75, 3.05) is 0 Å². The molecule has 5 aliphatic carbocycles. The van der Waals surface area contributed by atoms with Crippen molar-refractivity contribution in [1.29, 1.82) is 0 Å². The number of hydrogen-bond acceptors (Lipinski definition) is 3. The van der Waals surface area contributed by atoms with Gasteiger partial charge in [-0.15, -0.1) is 0 Å². The van der Waals surface area contributed by atoms with E-state index in [1.807, 2.05) is 0 Å². The highest BCUT2D eigenvalue weighted by Gasteiger charge is 2.72. The Morgan fingerprint density at radius 1 is 0.750 bits per heavy atom. The van der Waals surface area contributed by atoms with Crippen molar-refractivity contribution in [3.63, 3.8) is 0 Å². The first-order valence-corrected chi connectivity index (χ1v) is 13.6. The molecule has 3 nitrogen and oxygen atoms in total. The fourth-order valence-electron chi connectivity index (χ4n) is 10.9. The summed E-state index contributed by atoms with van der Waals surface area (Å²) < 4.78 is 0. The number of carbonyl (C=O) groups excluding carboxylic acids is 1. The molecule has 3 heteroatoms. The average molecular weight is 445 g/mol. The van der Waals surface area contributed by atoms with Gasteiger partial charge in [0.15, 0.2) is 0 Å². The Bertz CT molecular complexity index is 804. The van der Waals surface area contributed by atoms with E-state index >= 15 is 0 Å². The molecule has 0 heterocycles. The Balaban J connectivity index is 1.55. The van der Waals surface area contributed by atoms with Crippen molar-refractivity contribution in [2.24, 2.45) is 50.7 Å². The highest BCUT2D eigenvalue weighted by Crippen LogP contribution is 2.77. The van der Waals surface area contributed by atoms with Crippen molar-refractivity contribution < 1.29 is 14.9 Å². The lowest BCUT2D eigenvalue weighted by molar-refractivity contribution is -0.386. The van der Waals surface area contributed by atoms with E-state index in [0.717, 1.165) is 38.5 Å². The molecule has 0 saturated heterocycles. The summed E-state index contributed by atoms with van der Waals surface area (Å²) in [7, 11) is 0. The highest BCUT2D eigenvalue weighted by atomic mass is 17.1. The van der Waals surface area contributed by atoms with Crippen LogP contribution in [0.3, 0.4) is 0 Å². The van der Waals surface area contributed by atoms with Crippen LogP contribution in [0.15, 0.2) is 0 Å². The van der Waals surface area contributed by atoms with E-state index in [2.05, 4.69) is 48.5 Å². The smallest absolute Gasteiger partial charge is 0.136 e. The molecule has 1 N–H and O–H groups in total. The van der Waals surface area contributed by atoms with Gasteiger partial charge in [0, 0.05) is 12.3 Å². The first kappa shape index (κ1) is 23.3. The molecule has 32 heavy (non-hydrogen) atoms. The lowest BCUT2D eigenvalue weighted by Crippen LogP contribution is -2.69. The summed E-state index contributed by atoms with van der Waals surface area (Å²) in [6, 6.07) is 0. The van der Waals surface area contributed by atoms with Gasteiger partial charge in [0.1, 0.15) is 11.4 Å². The summed E-state index contributed by atoms with van der Waals surface area (Å²) in [6.07, 6.45) is 12.3. The molecule has 5 rings (SSSR count). The van der Waals surface area contributed by atoms with Crippen LogP contribution in [-0.4, -0.2) is 16.6 Å². The van der Waals surface area contributed by atoms with E-state index in [-0.39, 0.29) is 27.8 Å². The third kappa shape index (κ3) is 2.70. The zero-order chi connectivity index (χ0) is 23.4. The number of fused-ring (bicyclic) bond motifs is 7. The van der Waals surface area contributed by atoms with Crippen LogP contribution in [0, 0.1) is 50.7 Å². The van der Waals surface area contributed by atoms with E-state index in [1.165, 1.54) is 32.1 Å². The normalized spacial score (nSPS) is 57.1. The molecule has 0 aromatic carbocycles. The molecule has 0 aliphatic heterocycles. The minimum atomic E-state index is -0.341. The Labute approximate surface area is 196 Å². The maximum atomic E-state index is 12.7. The Morgan fingerprint density at radius 2 is 1.38 bits per heavy atom. The number of carbonyl (C=O) groups is 1. The van der Waals surface area contributed by atoms with Gasteiger partial charge >= 0.3 is 0 Å². The number of ketones is 1. The van der Waals surface area contributed by atoms with Crippen molar-refractivity contribution in [2.45, 2.75) is 125 Å². The zero-order valence-electron chi connectivity index (χ0n) is 21.9. The second kappa shape index (κ2) is 6.84. The minimum Gasteiger partial charge on any atom is -0.299 e. The first-order chi connectivity index (χ1) is 14.8. The van der Waals surface area contributed by atoms with Crippen LogP contribution in [0.1, 0.15) is 119 Å². The Kier molecular flexibility index (Phi) is 4.99. The maximum absolute atomic E-state index is 12.7. The van der Waals surface area contributed by atoms with Gasteiger partial charge in [-0.1, -0.05) is 48.5 Å². The zero-order valence-corrected chi connectivity index (χ0v) is 21.9. The fourth-order valence-corrected chi connectivity index (χ4v) is 10.9. The largest absolute Gasteiger partial charge is 0.299 e. The molecule has 0 aromatic heterocycles. The van der Waals surface area contributed by atoms with Gasteiger partial charge < -0.3 is 0 Å². The fraction of sp³-hybridized carbons (Fsp3) is 0.966. The molecule has 9 atom stereocenters. The van der Waals surface area contributed by atoms with Gasteiger partial charge in [-0.2, -0.15) is 0 Å². The molecule has 5 fully saturated rings. The lowest BCUT2D eigenvalue weighted by atomic mass is 9.31. The molecule has 5 aliphatic rings. The summed E-state index contributed by atoms with van der Waals surface area (Å²) >= 11 is 0. The molecular weight excluding hydrogens is 396 g/mol. The molecule has 0 amide bonds. The third-order valence-corrected chi connectivity index (χ3v) is 13.4. The minimum absolute atomic E-state index is 0.171. The summed E-state index contributed by atoms with van der Waals surface area (Å²) in [5.74, 6) is 2.50. The monoisotopic (exact) mass is 444 g/mol. The molecule has 0 bridgehead atoms. The lowest BCUT2D eigenvalue weighted by Gasteiger charge is -2.74. The standard InChI is InChI=1S/C29H48O3/c1-19-20(30)8-9-21-25(19,4)11-10-22-26(21,5)13-14-28(7)23-18-24(2,3)12-16-29(23,32-31)17-15-27(22,28)6/h19,21-23,31H,8-18H2,1-7H3/t19-,21+,22-,23-,25+,26-,27+,28-,29+/m0/s1. The highest BCUT2D eigenvalue weighted by molar-refractivity contribution is 5.82. The van der Waals surface area contributed by atoms with Crippen LogP contribution in [0.4, 0.5) is 0 Å². The summed E-state index contributed by atoms with van der Waals surface area (Å²) in [5, 5.41) is 10.2. The predicted molar refractivity (Wildman–Crippen MR) is 128 cm³/mol. The molecule has 182 valence electrons. The predicted octanol–water partition coefficient (Wildman–Crippen LogP) is 7.68. The van der Waals surface area contributed by atoms with Gasteiger partial charge in [0.2, 0.25) is 0 Å². The van der Waals surface area contributed by atoms with Crippen molar-refractivity contribution in [1.82, 2.24) is 0 Å². The van der Waals surface area contributed by atoms with Gasteiger partial charge in [0.25, 0.3) is 0 Å².